The monoisotopic (exact) mass is 199 g/mol. The lowest BCUT2D eigenvalue weighted by Crippen LogP contribution is -2.22. The third-order valence-corrected chi connectivity index (χ3v) is 2.93. The summed E-state index contributed by atoms with van der Waals surface area (Å²) in [4.78, 5) is 0. The topological polar surface area (TPSA) is 35.8 Å². The van der Waals surface area contributed by atoms with Crippen LogP contribution in [0.1, 0.15) is 37.7 Å². The molecule has 1 fully saturated rings. The van der Waals surface area contributed by atoms with E-state index in [2.05, 4.69) is 17.5 Å². The molecule has 0 heterocycles. The number of rotatable bonds is 2. The molecule has 0 aliphatic heterocycles. The standard InChI is InChI=1S/C13H15N2/c14-10-11-6-4-5-9-13(11)15-12-7-2-1-3-8-12/h4-5,9,12,15H,1-3,7-8H2. The average molecular weight is 199 g/mol. The Balaban J connectivity index is 2.06. The molecule has 0 atom stereocenters. The number of nitrogens with zero attached hydrogens (tertiary/aromatic N) is 1. The van der Waals surface area contributed by atoms with Gasteiger partial charge in [-0.3, -0.25) is 0 Å². The molecule has 0 amide bonds. The van der Waals surface area contributed by atoms with Crippen molar-refractivity contribution in [1.82, 2.24) is 0 Å². The van der Waals surface area contributed by atoms with Crippen LogP contribution >= 0.6 is 0 Å². The third kappa shape index (κ3) is 2.50. The Labute approximate surface area is 90.9 Å². The summed E-state index contributed by atoms with van der Waals surface area (Å²) in [6.45, 7) is 0. The van der Waals surface area contributed by atoms with Crippen LogP contribution < -0.4 is 5.32 Å². The Morgan fingerprint density at radius 2 is 2.13 bits per heavy atom. The molecule has 2 rings (SSSR count). The first-order valence-electron chi connectivity index (χ1n) is 5.57. The normalized spacial score (nSPS) is 17.0. The van der Waals surface area contributed by atoms with Crippen LogP contribution in [0.5, 0.6) is 0 Å². The molecule has 1 radical (unpaired) electrons. The van der Waals surface area contributed by atoms with Gasteiger partial charge in [-0.1, -0.05) is 31.4 Å². The molecule has 15 heavy (non-hydrogen) atoms. The van der Waals surface area contributed by atoms with E-state index in [9.17, 15) is 0 Å². The first-order chi connectivity index (χ1) is 7.40. The number of anilines is 1. The molecule has 0 bridgehead atoms. The maximum atomic E-state index is 8.93. The van der Waals surface area contributed by atoms with E-state index in [1.807, 2.05) is 12.1 Å². The van der Waals surface area contributed by atoms with Crippen molar-refractivity contribution in [2.24, 2.45) is 0 Å². The molecule has 0 spiro atoms. The highest BCUT2D eigenvalue weighted by atomic mass is 14.9. The van der Waals surface area contributed by atoms with Gasteiger partial charge in [-0.05, 0) is 18.9 Å². The number of nitrogens with one attached hydrogen (secondary N) is 1. The second-order valence-corrected chi connectivity index (χ2v) is 4.05. The van der Waals surface area contributed by atoms with E-state index in [1.165, 1.54) is 32.1 Å². The SMILES string of the molecule is N#Cc1[c]cccc1NC1CCCCC1. The minimum Gasteiger partial charge on any atom is -0.381 e. The van der Waals surface area contributed by atoms with Crippen LogP contribution in [0.25, 0.3) is 0 Å². The van der Waals surface area contributed by atoms with Crippen molar-refractivity contribution in [3.05, 3.63) is 29.8 Å². The Morgan fingerprint density at radius 3 is 2.87 bits per heavy atom. The van der Waals surface area contributed by atoms with Crippen LogP contribution in [0.15, 0.2) is 18.2 Å². The zero-order valence-electron chi connectivity index (χ0n) is 8.79. The van der Waals surface area contributed by atoms with Gasteiger partial charge in [-0.15, -0.1) is 0 Å². The molecule has 0 aromatic heterocycles. The van der Waals surface area contributed by atoms with Crippen molar-refractivity contribution in [3.63, 3.8) is 0 Å². The van der Waals surface area contributed by atoms with E-state index < -0.39 is 0 Å². The van der Waals surface area contributed by atoms with Gasteiger partial charge in [0, 0.05) is 12.1 Å². The summed E-state index contributed by atoms with van der Waals surface area (Å²) in [6.07, 6.45) is 6.40. The molecule has 77 valence electrons. The highest BCUT2D eigenvalue weighted by molar-refractivity contribution is 5.57. The molecule has 0 unspecified atom stereocenters. The number of benzene rings is 1. The smallest absolute Gasteiger partial charge is 0.102 e. The summed E-state index contributed by atoms with van der Waals surface area (Å²) in [6, 6.07) is 11.3. The molecular weight excluding hydrogens is 184 g/mol. The predicted octanol–water partition coefficient (Wildman–Crippen LogP) is 3.10. The van der Waals surface area contributed by atoms with Crippen LogP contribution in [0, 0.1) is 17.4 Å². The molecule has 2 nitrogen and oxygen atoms in total. The fourth-order valence-corrected chi connectivity index (χ4v) is 2.12. The third-order valence-electron chi connectivity index (χ3n) is 2.93. The van der Waals surface area contributed by atoms with Gasteiger partial charge >= 0.3 is 0 Å². The summed E-state index contributed by atoms with van der Waals surface area (Å²) in [5.41, 5.74) is 1.56. The fourth-order valence-electron chi connectivity index (χ4n) is 2.12. The van der Waals surface area contributed by atoms with Crippen LogP contribution in [-0.2, 0) is 0 Å². The summed E-state index contributed by atoms with van der Waals surface area (Å²) in [7, 11) is 0. The summed E-state index contributed by atoms with van der Waals surface area (Å²) < 4.78 is 0. The van der Waals surface area contributed by atoms with Crippen molar-refractivity contribution in [2.45, 2.75) is 38.1 Å². The van der Waals surface area contributed by atoms with E-state index >= 15 is 0 Å². The van der Waals surface area contributed by atoms with Gasteiger partial charge in [0.1, 0.15) is 6.07 Å². The lowest BCUT2D eigenvalue weighted by molar-refractivity contribution is 0.462. The maximum Gasteiger partial charge on any atom is 0.102 e. The van der Waals surface area contributed by atoms with Gasteiger partial charge in [-0.2, -0.15) is 5.26 Å². The highest BCUT2D eigenvalue weighted by Gasteiger charge is 2.13. The van der Waals surface area contributed by atoms with Crippen LogP contribution in [0.2, 0.25) is 0 Å². The quantitative estimate of drug-likeness (QED) is 0.794. The van der Waals surface area contributed by atoms with Gasteiger partial charge in [0.15, 0.2) is 0 Å². The van der Waals surface area contributed by atoms with Crippen LogP contribution in [0.4, 0.5) is 5.69 Å². The van der Waals surface area contributed by atoms with Gasteiger partial charge < -0.3 is 5.32 Å². The molecule has 1 aromatic rings. The first kappa shape index (κ1) is 10.0. The molecule has 1 saturated carbocycles. The van der Waals surface area contributed by atoms with E-state index in [0.29, 0.717) is 11.6 Å². The molecule has 1 aliphatic rings. The Morgan fingerprint density at radius 1 is 1.33 bits per heavy atom. The van der Waals surface area contributed by atoms with Crippen molar-refractivity contribution >= 4 is 5.69 Å². The van der Waals surface area contributed by atoms with E-state index in [1.54, 1.807) is 6.07 Å². The minimum absolute atomic E-state index is 0.543. The molecule has 1 aromatic carbocycles. The largest absolute Gasteiger partial charge is 0.381 e. The lowest BCUT2D eigenvalue weighted by atomic mass is 9.95. The van der Waals surface area contributed by atoms with E-state index in [0.717, 1.165) is 5.69 Å². The Hall–Kier alpha value is -1.49. The molecule has 2 heteroatoms. The number of nitriles is 1. The van der Waals surface area contributed by atoms with Crippen molar-refractivity contribution in [3.8, 4) is 6.07 Å². The highest BCUT2D eigenvalue weighted by Crippen LogP contribution is 2.23. The van der Waals surface area contributed by atoms with Crippen molar-refractivity contribution in [1.29, 1.82) is 5.26 Å². The molecule has 1 N–H and O–H groups in total. The van der Waals surface area contributed by atoms with Gasteiger partial charge in [0.2, 0.25) is 0 Å². The molecule has 1 aliphatic carbocycles. The lowest BCUT2D eigenvalue weighted by Gasteiger charge is -2.24. The molecule has 0 saturated heterocycles. The van der Waals surface area contributed by atoms with Crippen molar-refractivity contribution in [2.75, 3.05) is 5.32 Å². The minimum atomic E-state index is 0.543. The van der Waals surface area contributed by atoms with Gasteiger partial charge in [0.05, 0.1) is 11.3 Å². The van der Waals surface area contributed by atoms with E-state index in [-0.39, 0.29) is 0 Å². The summed E-state index contributed by atoms with van der Waals surface area (Å²) in [5, 5.41) is 12.4. The van der Waals surface area contributed by atoms with Crippen molar-refractivity contribution < 1.29 is 0 Å². The predicted molar refractivity (Wildman–Crippen MR) is 60.5 cm³/mol. The number of hydrogen-bond donors (Lipinski definition) is 1. The zero-order chi connectivity index (χ0) is 10.5. The van der Waals surface area contributed by atoms with Crippen LogP contribution in [0.3, 0.4) is 0 Å². The summed E-state index contributed by atoms with van der Waals surface area (Å²) in [5.74, 6) is 0. The zero-order valence-corrected chi connectivity index (χ0v) is 8.79. The number of hydrogen-bond acceptors (Lipinski definition) is 2. The summed E-state index contributed by atoms with van der Waals surface area (Å²) >= 11 is 0. The van der Waals surface area contributed by atoms with Gasteiger partial charge in [0.25, 0.3) is 0 Å². The second kappa shape index (κ2) is 4.84. The maximum absolute atomic E-state index is 8.93. The fraction of sp³-hybridized carbons (Fsp3) is 0.462. The second-order valence-electron chi connectivity index (χ2n) is 4.05. The molecular formula is C13H15N2. The Kier molecular flexibility index (Phi) is 3.24. The average Bonchev–Trinajstić information content (AvgIpc) is 2.31. The van der Waals surface area contributed by atoms with E-state index in [4.69, 9.17) is 5.26 Å². The van der Waals surface area contributed by atoms with Gasteiger partial charge in [-0.25, -0.2) is 0 Å². The van der Waals surface area contributed by atoms with Crippen LogP contribution in [-0.4, -0.2) is 6.04 Å². The Bertz CT molecular complexity index is 359. The first-order valence-corrected chi connectivity index (χ1v) is 5.57.